The molecule has 0 heterocycles. The molecule has 100 valence electrons. The van der Waals surface area contributed by atoms with Crippen LogP contribution in [0, 0.1) is 5.92 Å². The van der Waals surface area contributed by atoms with Crippen LogP contribution in [-0.2, 0) is 4.79 Å². The molecule has 0 aromatic heterocycles. The van der Waals surface area contributed by atoms with Crippen molar-refractivity contribution < 1.29 is 18.0 Å². The highest BCUT2D eigenvalue weighted by atomic mass is 19.4. The highest BCUT2D eigenvalue weighted by Crippen LogP contribution is 2.37. The molecule has 2 atom stereocenters. The van der Waals surface area contributed by atoms with Crippen molar-refractivity contribution in [3.05, 3.63) is 0 Å². The van der Waals surface area contributed by atoms with Gasteiger partial charge in [-0.3, -0.25) is 4.79 Å². The number of halogens is 3. The number of nitrogens with one attached hydrogen (secondary N) is 2. The second-order valence-electron chi connectivity index (χ2n) is 4.48. The van der Waals surface area contributed by atoms with Gasteiger partial charge < -0.3 is 10.6 Å². The summed E-state index contributed by atoms with van der Waals surface area (Å²) in [5, 5.41) is 5.50. The summed E-state index contributed by atoms with van der Waals surface area (Å²) in [4.78, 5) is 10.9. The molecule has 0 aromatic rings. The van der Waals surface area contributed by atoms with Gasteiger partial charge in [0.2, 0.25) is 5.91 Å². The minimum atomic E-state index is -4.08. The maximum Gasteiger partial charge on any atom is 0.391 e. The molecule has 0 radical (unpaired) electrons. The summed E-state index contributed by atoms with van der Waals surface area (Å²) in [7, 11) is 1.54. The first-order valence-corrected chi connectivity index (χ1v) is 5.94. The van der Waals surface area contributed by atoms with Gasteiger partial charge >= 0.3 is 6.18 Å². The zero-order chi connectivity index (χ0) is 12.9. The summed E-state index contributed by atoms with van der Waals surface area (Å²) in [5.74, 6) is -1.28. The van der Waals surface area contributed by atoms with Gasteiger partial charge in [-0.2, -0.15) is 13.2 Å². The highest BCUT2D eigenvalue weighted by molar-refractivity contribution is 5.75. The second-order valence-corrected chi connectivity index (χ2v) is 4.48. The molecule has 6 heteroatoms. The average molecular weight is 252 g/mol. The van der Waals surface area contributed by atoms with Crippen LogP contribution in [0.5, 0.6) is 0 Å². The first-order chi connectivity index (χ1) is 7.93. The number of amides is 1. The van der Waals surface area contributed by atoms with Gasteiger partial charge in [0.1, 0.15) is 0 Å². The lowest BCUT2D eigenvalue weighted by molar-refractivity contribution is -0.183. The molecule has 1 fully saturated rings. The molecule has 1 aliphatic carbocycles. The molecular formula is C11H19F3N2O. The Morgan fingerprint density at radius 1 is 1.35 bits per heavy atom. The predicted molar refractivity (Wildman–Crippen MR) is 58.5 cm³/mol. The highest BCUT2D eigenvalue weighted by Gasteiger charge is 2.41. The van der Waals surface area contributed by atoms with Crippen LogP contribution < -0.4 is 10.6 Å². The lowest BCUT2D eigenvalue weighted by Gasteiger charge is -2.31. The van der Waals surface area contributed by atoms with E-state index in [9.17, 15) is 18.0 Å². The van der Waals surface area contributed by atoms with Crippen LogP contribution in [-0.4, -0.2) is 31.7 Å². The predicted octanol–water partition coefficient (Wildman–Crippen LogP) is 1.83. The normalized spacial score (nSPS) is 25.6. The smallest absolute Gasteiger partial charge is 0.359 e. The minimum absolute atomic E-state index is 0.0966. The maximum atomic E-state index is 12.5. The molecule has 1 aliphatic rings. The average Bonchev–Trinajstić information content (AvgIpc) is 2.28. The van der Waals surface area contributed by atoms with Gasteiger partial charge in [-0.25, -0.2) is 0 Å². The Balaban J connectivity index is 2.28. The van der Waals surface area contributed by atoms with Gasteiger partial charge in [-0.1, -0.05) is 6.42 Å². The molecule has 2 unspecified atom stereocenters. The molecule has 3 nitrogen and oxygen atoms in total. The summed E-state index contributed by atoms with van der Waals surface area (Å²) >= 11 is 0. The number of hydrogen-bond donors (Lipinski definition) is 2. The van der Waals surface area contributed by atoms with E-state index in [1.165, 1.54) is 0 Å². The summed E-state index contributed by atoms with van der Waals surface area (Å²) < 4.78 is 37.6. The Morgan fingerprint density at radius 2 is 2.06 bits per heavy atom. The fraction of sp³-hybridized carbons (Fsp3) is 0.909. The van der Waals surface area contributed by atoms with E-state index in [-0.39, 0.29) is 24.8 Å². The van der Waals surface area contributed by atoms with Crippen molar-refractivity contribution >= 4 is 5.91 Å². The van der Waals surface area contributed by atoms with Crippen LogP contribution in [0.3, 0.4) is 0 Å². The van der Waals surface area contributed by atoms with E-state index in [1.54, 1.807) is 7.05 Å². The van der Waals surface area contributed by atoms with Crippen molar-refractivity contribution in [1.29, 1.82) is 0 Å². The minimum Gasteiger partial charge on any atom is -0.359 e. The van der Waals surface area contributed by atoms with E-state index in [0.717, 1.165) is 6.42 Å². The van der Waals surface area contributed by atoms with Crippen LogP contribution in [0.4, 0.5) is 13.2 Å². The molecule has 17 heavy (non-hydrogen) atoms. The van der Waals surface area contributed by atoms with E-state index >= 15 is 0 Å². The van der Waals surface area contributed by atoms with Crippen molar-refractivity contribution in [2.45, 2.75) is 44.3 Å². The van der Waals surface area contributed by atoms with Crippen molar-refractivity contribution in [2.24, 2.45) is 5.92 Å². The summed E-state index contributed by atoms with van der Waals surface area (Å²) in [5.41, 5.74) is 0. The molecule has 0 bridgehead atoms. The van der Waals surface area contributed by atoms with Crippen molar-refractivity contribution in [3.8, 4) is 0 Å². The SMILES string of the molecule is CNC(=O)CCNC1CCCC(C(F)(F)F)C1. The van der Waals surface area contributed by atoms with Crippen LogP contribution in [0.15, 0.2) is 0 Å². The lowest BCUT2D eigenvalue weighted by Crippen LogP contribution is -2.40. The molecule has 0 aliphatic heterocycles. The molecule has 1 rings (SSSR count). The van der Waals surface area contributed by atoms with Crippen LogP contribution in [0.1, 0.15) is 32.1 Å². The number of hydrogen-bond acceptors (Lipinski definition) is 2. The first kappa shape index (κ1) is 14.3. The summed E-state index contributed by atoms with van der Waals surface area (Å²) in [6, 6.07) is -0.111. The van der Waals surface area contributed by atoms with Gasteiger partial charge in [0, 0.05) is 26.1 Å². The number of carbonyl (C=O) groups excluding carboxylic acids is 1. The zero-order valence-corrected chi connectivity index (χ0v) is 9.94. The third-order valence-electron chi connectivity index (χ3n) is 3.20. The Bertz CT molecular complexity index is 256. The zero-order valence-electron chi connectivity index (χ0n) is 9.94. The van der Waals surface area contributed by atoms with E-state index in [4.69, 9.17) is 0 Å². The number of rotatable bonds is 4. The molecular weight excluding hydrogens is 233 g/mol. The van der Waals surface area contributed by atoms with Gasteiger partial charge in [0.05, 0.1) is 5.92 Å². The van der Waals surface area contributed by atoms with Crippen molar-refractivity contribution in [2.75, 3.05) is 13.6 Å². The monoisotopic (exact) mass is 252 g/mol. The topological polar surface area (TPSA) is 41.1 Å². The Labute approximate surface area is 99.1 Å². The molecule has 2 N–H and O–H groups in total. The molecule has 0 spiro atoms. The first-order valence-electron chi connectivity index (χ1n) is 5.94. The maximum absolute atomic E-state index is 12.5. The Hall–Kier alpha value is -0.780. The van der Waals surface area contributed by atoms with Crippen molar-refractivity contribution in [3.63, 3.8) is 0 Å². The molecule has 0 saturated heterocycles. The standard InChI is InChI=1S/C11H19F3N2O/c1-15-10(17)5-6-16-9-4-2-3-8(7-9)11(12,13)14/h8-9,16H,2-7H2,1H3,(H,15,17). The van der Waals surface area contributed by atoms with Gasteiger partial charge in [0.25, 0.3) is 0 Å². The molecule has 0 aromatic carbocycles. The summed E-state index contributed by atoms with van der Waals surface area (Å²) in [6.07, 6.45) is -2.04. The van der Waals surface area contributed by atoms with Crippen LogP contribution in [0.2, 0.25) is 0 Å². The molecule has 1 amide bonds. The van der Waals surface area contributed by atoms with Gasteiger partial charge in [-0.05, 0) is 19.3 Å². The van der Waals surface area contributed by atoms with Crippen molar-refractivity contribution in [1.82, 2.24) is 10.6 Å². The van der Waals surface area contributed by atoms with Crippen LogP contribution >= 0.6 is 0 Å². The third-order valence-corrected chi connectivity index (χ3v) is 3.20. The van der Waals surface area contributed by atoms with Crippen LogP contribution in [0.25, 0.3) is 0 Å². The fourth-order valence-electron chi connectivity index (χ4n) is 2.19. The fourth-order valence-corrected chi connectivity index (χ4v) is 2.19. The largest absolute Gasteiger partial charge is 0.391 e. The quantitative estimate of drug-likeness (QED) is 0.801. The Kier molecular flexibility index (Phi) is 5.24. The third kappa shape index (κ3) is 4.93. The number of alkyl halides is 3. The van der Waals surface area contributed by atoms with E-state index in [0.29, 0.717) is 19.4 Å². The van der Waals surface area contributed by atoms with Gasteiger partial charge in [-0.15, -0.1) is 0 Å². The number of carbonyl (C=O) groups is 1. The second kappa shape index (κ2) is 6.23. The van der Waals surface area contributed by atoms with E-state index in [1.807, 2.05) is 0 Å². The molecule has 1 saturated carbocycles. The van der Waals surface area contributed by atoms with Gasteiger partial charge in [0.15, 0.2) is 0 Å². The Morgan fingerprint density at radius 3 is 2.65 bits per heavy atom. The van der Waals surface area contributed by atoms with E-state index in [2.05, 4.69) is 10.6 Å². The lowest BCUT2D eigenvalue weighted by atomic mass is 9.85. The van der Waals surface area contributed by atoms with E-state index < -0.39 is 12.1 Å². The summed E-state index contributed by atoms with van der Waals surface area (Å²) in [6.45, 7) is 0.439.